The SMILES string of the molecule is O=C(NCCC(c1ccccc1)c1ccccc1)c1cn(C[C@@H]2CCCO2)nn1. The molecule has 0 spiro atoms. The molecule has 29 heavy (non-hydrogen) atoms. The Morgan fingerprint density at radius 3 is 2.41 bits per heavy atom. The van der Waals surface area contributed by atoms with E-state index in [1.807, 2.05) is 12.1 Å². The third-order valence-corrected chi connectivity index (χ3v) is 5.31. The van der Waals surface area contributed by atoms with Crippen molar-refractivity contribution in [3.63, 3.8) is 0 Å². The molecular weight excluding hydrogens is 364 g/mol. The van der Waals surface area contributed by atoms with Crippen molar-refractivity contribution < 1.29 is 9.53 Å². The van der Waals surface area contributed by atoms with E-state index in [0.717, 1.165) is 25.9 Å². The molecule has 0 bridgehead atoms. The van der Waals surface area contributed by atoms with Gasteiger partial charge in [0.25, 0.3) is 5.91 Å². The number of nitrogens with one attached hydrogen (secondary N) is 1. The van der Waals surface area contributed by atoms with Crippen LogP contribution in [0.3, 0.4) is 0 Å². The second-order valence-electron chi connectivity index (χ2n) is 7.38. The number of hydrogen-bond acceptors (Lipinski definition) is 4. The van der Waals surface area contributed by atoms with Crippen LogP contribution in [0, 0.1) is 0 Å². The number of carbonyl (C=O) groups excluding carboxylic acids is 1. The Kier molecular flexibility index (Phi) is 6.32. The topological polar surface area (TPSA) is 69.0 Å². The predicted molar refractivity (Wildman–Crippen MR) is 111 cm³/mol. The van der Waals surface area contributed by atoms with Crippen molar-refractivity contribution in [1.29, 1.82) is 0 Å². The summed E-state index contributed by atoms with van der Waals surface area (Å²) in [5.74, 6) is 0.0383. The van der Waals surface area contributed by atoms with Crippen LogP contribution in [0.15, 0.2) is 66.9 Å². The van der Waals surface area contributed by atoms with Crippen LogP contribution < -0.4 is 5.32 Å². The van der Waals surface area contributed by atoms with Crippen molar-refractivity contribution in [3.05, 3.63) is 83.7 Å². The molecule has 2 aromatic carbocycles. The molecule has 1 saturated heterocycles. The van der Waals surface area contributed by atoms with Crippen LogP contribution in [-0.4, -0.2) is 40.2 Å². The summed E-state index contributed by atoms with van der Waals surface area (Å²) in [5, 5.41) is 11.1. The monoisotopic (exact) mass is 390 g/mol. The van der Waals surface area contributed by atoms with Crippen LogP contribution in [0.5, 0.6) is 0 Å². The van der Waals surface area contributed by atoms with Gasteiger partial charge in [-0.05, 0) is 30.4 Å². The van der Waals surface area contributed by atoms with Crippen molar-refractivity contribution in [1.82, 2.24) is 20.3 Å². The molecule has 4 rings (SSSR count). The lowest BCUT2D eigenvalue weighted by Crippen LogP contribution is -2.26. The first-order chi connectivity index (χ1) is 14.3. The Labute approximate surface area is 170 Å². The molecule has 1 fully saturated rings. The first kappa shape index (κ1) is 19.3. The van der Waals surface area contributed by atoms with E-state index < -0.39 is 0 Å². The molecule has 1 amide bonds. The van der Waals surface area contributed by atoms with Crippen molar-refractivity contribution in [2.45, 2.75) is 37.8 Å². The molecule has 0 aliphatic carbocycles. The molecule has 1 N–H and O–H groups in total. The van der Waals surface area contributed by atoms with E-state index in [0.29, 0.717) is 18.8 Å². The highest BCUT2D eigenvalue weighted by Crippen LogP contribution is 2.27. The van der Waals surface area contributed by atoms with E-state index in [4.69, 9.17) is 4.74 Å². The van der Waals surface area contributed by atoms with Gasteiger partial charge in [0.15, 0.2) is 5.69 Å². The summed E-state index contributed by atoms with van der Waals surface area (Å²) >= 11 is 0. The Morgan fingerprint density at radius 1 is 1.10 bits per heavy atom. The van der Waals surface area contributed by atoms with Crippen molar-refractivity contribution >= 4 is 5.91 Å². The number of nitrogens with zero attached hydrogens (tertiary/aromatic N) is 3. The normalized spacial score (nSPS) is 16.2. The number of carbonyl (C=O) groups is 1. The molecule has 6 nitrogen and oxygen atoms in total. The number of amides is 1. The quantitative estimate of drug-likeness (QED) is 0.640. The maximum Gasteiger partial charge on any atom is 0.273 e. The molecule has 0 radical (unpaired) electrons. The van der Waals surface area contributed by atoms with Gasteiger partial charge in [0.2, 0.25) is 0 Å². The minimum Gasteiger partial charge on any atom is -0.376 e. The first-order valence-electron chi connectivity index (χ1n) is 10.2. The van der Waals surface area contributed by atoms with Gasteiger partial charge in [-0.1, -0.05) is 65.9 Å². The molecule has 3 aromatic rings. The third kappa shape index (κ3) is 5.09. The number of hydrogen-bond donors (Lipinski definition) is 1. The van der Waals surface area contributed by atoms with Crippen LogP contribution in [0.2, 0.25) is 0 Å². The average Bonchev–Trinajstić information content (AvgIpc) is 3.45. The third-order valence-electron chi connectivity index (χ3n) is 5.31. The van der Waals surface area contributed by atoms with E-state index >= 15 is 0 Å². The predicted octanol–water partition coefficient (Wildman–Crippen LogP) is 3.41. The zero-order valence-corrected chi connectivity index (χ0v) is 16.4. The van der Waals surface area contributed by atoms with E-state index in [1.165, 1.54) is 11.1 Å². The summed E-state index contributed by atoms with van der Waals surface area (Å²) in [6.45, 7) is 2.01. The van der Waals surface area contributed by atoms with Gasteiger partial charge in [-0.2, -0.15) is 0 Å². The molecule has 1 aromatic heterocycles. The standard InChI is InChI=1S/C23H26N4O2/c28-23(22-17-27(26-25-22)16-20-12-7-15-29-20)24-14-13-21(18-8-3-1-4-9-18)19-10-5-2-6-11-19/h1-6,8-11,17,20-21H,7,12-16H2,(H,24,28)/t20-/m0/s1. The van der Waals surface area contributed by atoms with Gasteiger partial charge < -0.3 is 10.1 Å². The Morgan fingerprint density at radius 2 is 1.79 bits per heavy atom. The second-order valence-corrected chi connectivity index (χ2v) is 7.38. The van der Waals surface area contributed by atoms with Crippen molar-refractivity contribution in [2.24, 2.45) is 0 Å². The van der Waals surface area contributed by atoms with Gasteiger partial charge in [-0.15, -0.1) is 5.10 Å². The average molecular weight is 390 g/mol. The zero-order valence-electron chi connectivity index (χ0n) is 16.4. The summed E-state index contributed by atoms with van der Waals surface area (Å²) in [4.78, 5) is 12.5. The van der Waals surface area contributed by atoms with Gasteiger partial charge in [0.05, 0.1) is 18.8 Å². The molecule has 0 unspecified atom stereocenters. The molecule has 1 aliphatic rings. The zero-order chi connectivity index (χ0) is 19.9. The second kappa shape index (κ2) is 9.47. The van der Waals surface area contributed by atoms with Crippen LogP contribution in [0.4, 0.5) is 0 Å². The van der Waals surface area contributed by atoms with Gasteiger partial charge in [0.1, 0.15) is 0 Å². The first-order valence-corrected chi connectivity index (χ1v) is 10.2. The van der Waals surface area contributed by atoms with Crippen LogP contribution >= 0.6 is 0 Å². The van der Waals surface area contributed by atoms with Gasteiger partial charge in [0, 0.05) is 19.1 Å². The van der Waals surface area contributed by atoms with Gasteiger partial charge >= 0.3 is 0 Å². The van der Waals surface area contributed by atoms with Crippen LogP contribution in [0.1, 0.15) is 46.8 Å². The lowest BCUT2D eigenvalue weighted by molar-refractivity contribution is 0.0929. The maximum absolute atomic E-state index is 12.5. The van der Waals surface area contributed by atoms with Crippen LogP contribution in [0.25, 0.3) is 0 Å². The Hall–Kier alpha value is -2.99. The lowest BCUT2D eigenvalue weighted by atomic mass is 9.88. The summed E-state index contributed by atoms with van der Waals surface area (Å²) < 4.78 is 7.31. The van der Waals surface area contributed by atoms with E-state index in [9.17, 15) is 4.79 Å². The summed E-state index contributed by atoms with van der Waals surface area (Å²) in [6.07, 6.45) is 4.79. The fraction of sp³-hybridized carbons (Fsp3) is 0.348. The molecule has 1 atom stereocenters. The highest BCUT2D eigenvalue weighted by molar-refractivity contribution is 5.91. The molecule has 6 heteroatoms. The Bertz CT molecular complexity index is 865. The fourth-order valence-corrected chi connectivity index (χ4v) is 3.81. The summed E-state index contributed by atoms with van der Waals surface area (Å²) in [6, 6.07) is 20.8. The lowest BCUT2D eigenvalue weighted by Gasteiger charge is -2.18. The highest BCUT2D eigenvalue weighted by Gasteiger charge is 2.19. The number of ether oxygens (including phenoxy) is 1. The summed E-state index contributed by atoms with van der Waals surface area (Å²) in [5.41, 5.74) is 2.84. The van der Waals surface area contributed by atoms with Crippen molar-refractivity contribution in [2.75, 3.05) is 13.2 Å². The molecule has 0 saturated carbocycles. The molecule has 150 valence electrons. The maximum atomic E-state index is 12.5. The number of aromatic nitrogens is 3. The van der Waals surface area contributed by atoms with Crippen LogP contribution in [-0.2, 0) is 11.3 Å². The summed E-state index contributed by atoms with van der Waals surface area (Å²) in [7, 11) is 0. The van der Waals surface area contributed by atoms with Gasteiger partial charge in [-0.25, -0.2) is 4.68 Å². The smallest absolute Gasteiger partial charge is 0.273 e. The van der Waals surface area contributed by atoms with E-state index in [-0.39, 0.29) is 17.9 Å². The fourth-order valence-electron chi connectivity index (χ4n) is 3.81. The number of benzene rings is 2. The van der Waals surface area contributed by atoms with E-state index in [1.54, 1.807) is 10.9 Å². The molecular formula is C23H26N4O2. The minimum atomic E-state index is -0.191. The van der Waals surface area contributed by atoms with Gasteiger partial charge in [-0.3, -0.25) is 4.79 Å². The molecule has 1 aliphatic heterocycles. The van der Waals surface area contributed by atoms with E-state index in [2.05, 4.69) is 64.2 Å². The Balaban J connectivity index is 1.35. The highest BCUT2D eigenvalue weighted by atomic mass is 16.5. The largest absolute Gasteiger partial charge is 0.376 e. The minimum absolute atomic E-state index is 0.171. The molecule has 2 heterocycles. The number of rotatable bonds is 8. The van der Waals surface area contributed by atoms with Crippen molar-refractivity contribution in [3.8, 4) is 0 Å².